The molecule has 0 aliphatic heterocycles. The molecule has 0 aliphatic carbocycles. The van der Waals surface area contributed by atoms with Gasteiger partial charge in [-0.2, -0.15) is 0 Å². The Morgan fingerprint density at radius 3 is 2.33 bits per heavy atom. The average molecular weight is 244 g/mol. The van der Waals surface area contributed by atoms with E-state index in [0.717, 1.165) is 5.39 Å². The Hall–Kier alpha value is -2.44. The fourth-order valence-electron chi connectivity index (χ4n) is 1.78. The molecule has 18 heavy (non-hydrogen) atoms. The van der Waals surface area contributed by atoms with Gasteiger partial charge in [-0.15, -0.1) is 0 Å². The van der Waals surface area contributed by atoms with Crippen molar-refractivity contribution in [2.24, 2.45) is 11.7 Å². The molecule has 0 heterocycles. The molecule has 0 bridgehead atoms. The molecule has 0 atom stereocenters. The number of amides is 2. The van der Waals surface area contributed by atoms with Crippen LogP contribution in [0.25, 0.3) is 10.8 Å². The van der Waals surface area contributed by atoms with Crippen molar-refractivity contribution in [3.63, 3.8) is 0 Å². The average Bonchev–Trinajstić information content (AvgIpc) is 2.44. The first-order chi connectivity index (χ1) is 8.67. The highest BCUT2D eigenvalue weighted by Crippen LogP contribution is 2.20. The molecule has 0 fully saturated rings. The molecule has 0 aliphatic rings. The maximum Gasteiger partial charge on any atom is 0.265 e. The largest absolute Gasteiger partial charge is 0.290 e. The monoisotopic (exact) mass is 244 g/mol. The summed E-state index contributed by atoms with van der Waals surface area (Å²) in [6, 6.07) is 10.1. The summed E-state index contributed by atoms with van der Waals surface area (Å²) in [5.41, 5.74) is 5.02. The van der Waals surface area contributed by atoms with Gasteiger partial charge in [-0.1, -0.05) is 18.2 Å². The van der Waals surface area contributed by atoms with Gasteiger partial charge in [0, 0.05) is 11.1 Å². The van der Waals surface area contributed by atoms with Crippen LogP contribution in [0.1, 0.15) is 20.7 Å². The van der Waals surface area contributed by atoms with Crippen molar-refractivity contribution >= 4 is 22.6 Å². The molecule has 0 radical (unpaired) electrons. The van der Waals surface area contributed by atoms with E-state index in [4.69, 9.17) is 11.7 Å². The van der Waals surface area contributed by atoms with Crippen LogP contribution in [0.4, 0.5) is 0 Å². The Morgan fingerprint density at radius 2 is 1.67 bits per heavy atom. The van der Waals surface area contributed by atoms with Crippen molar-refractivity contribution in [3.05, 3.63) is 47.5 Å². The van der Waals surface area contributed by atoms with Crippen molar-refractivity contribution in [3.8, 4) is 0 Å². The Kier molecular flexibility index (Phi) is 3.22. The van der Waals surface area contributed by atoms with E-state index in [0.29, 0.717) is 16.5 Å². The van der Waals surface area contributed by atoms with Crippen molar-refractivity contribution in [2.45, 2.75) is 0 Å². The van der Waals surface area contributed by atoms with Crippen LogP contribution >= 0.6 is 0 Å². The molecule has 0 spiro atoms. The number of nitrogen functional groups attached to an aromatic ring is 2. The zero-order chi connectivity index (χ0) is 13.1. The second kappa shape index (κ2) is 4.82. The number of fused-ring (bicyclic) bond motifs is 1. The molecule has 6 N–H and O–H groups in total. The number of benzene rings is 2. The standard InChI is InChI=1S/C12H12N4O2/c13-15-11(17)8-4-5-9-7(6-8)2-1-3-10(9)12(18)16-14/h1-6H,13-14H2,(H,15,17)(H,16,18). The maximum atomic E-state index is 11.6. The third-order valence-corrected chi connectivity index (χ3v) is 2.65. The van der Waals surface area contributed by atoms with E-state index in [1.54, 1.807) is 36.4 Å². The minimum absolute atomic E-state index is 0.378. The molecular formula is C12H12N4O2. The highest BCUT2D eigenvalue weighted by molar-refractivity contribution is 6.08. The van der Waals surface area contributed by atoms with Gasteiger partial charge < -0.3 is 0 Å². The third-order valence-electron chi connectivity index (χ3n) is 2.65. The van der Waals surface area contributed by atoms with Gasteiger partial charge in [-0.3, -0.25) is 20.4 Å². The second-order valence-corrected chi connectivity index (χ2v) is 3.69. The molecule has 0 saturated carbocycles. The van der Waals surface area contributed by atoms with E-state index in [1.807, 2.05) is 0 Å². The van der Waals surface area contributed by atoms with E-state index >= 15 is 0 Å². The predicted octanol–water partition coefficient (Wildman–Crippen LogP) is 0.0468. The van der Waals surface area contributed by atoms with E-state index in [9.17, 15) is 9.59 Å². The Labute approximate surface area is 103 Å². The third kappa shape index (κ3) is 2.02. The predicted molar refractivity (Wildman–Crippen MR) is 67.3 cm³/mol. The number of nitrogens with one attached hydrogen (secondary N) is 2. The molecule has 92 valence electrons. The van der Waals surface area contributed by atoms with Crippen LogP contribution in [-0.2, 0) is 0 Å². The first-order valence-corrected chi connectivity index (χ1v) is 5.22. The minimum atomic E-state index is -0.384. The van der Waals surface area contributed by atoms with Crippen LogP contribution < -0.4 is 22.5 Å². The van der Waals surface area contributed by atoms with Crippen LogP contribution in [0.2, 0.25) is 0 Å². The zero-order valence-electron chi connectivity index (χ0n) is 9.44. The lowest BCUT2D eigenvalue weighted by atomic mass is 10.0. The first-order valence-electron chi connectivity index (χ1n) is 5.22. The summed E-state index contributed by atoms with van der Waals surface area (Å²) in [6.45, 7) is 0. The highest BCUT2D eigenvalue weighted by Gasteiger charge is 2.10. The summed E-state index contributed by atoms with van der Waals surface area (Å²) in [5, 5.41) is 1.48. The van der Waals surface area contributed by atoms with Gasteiger partial charge in [-0.05, 0) is 29.0 Å². The number of carbonyl (C=O) groups excluding carboxylic acids is 2. The molecule has 0 saturated heterocycles. The summed E-state index contributed by atoms with van der Waals surface area (Å²) >= 11 is 0. The lowest BCUT2D eigenvalue weighted by Crippen LogP contribution is -2.30. The normalized spacial score (nSPS) is 10.1. The molecule has 0 unspecified atom stereocenters. The lowest BCUT2D eigenvalue weighted by Gasteiger charge is -2.06. The number of hydrazine groups is 2. The summed E-state index contributed by atoms with van der Waals surface area (Å²) in [4.78, 5) is 23.0. The Morgan fingerprint density at radius 1 is 0.944 bits per heavy atom. The van der Waals surface area contributed by atoms with Gasteiger partial charge in [0.05, 0.1) is 0 Å². The van der Waals surface area contributed by atoms with Gasteiger partial charge in [0.2, 0.25) is 0 Å². The van der Waals surface area contributed by atoms with Gasteiger partial charge in [0.1, 0.15) is 0 Å². The number of hydrogen-bond donors (Lipinski definition) is 4. The molecule has 0 aromatic heterocycles. The van der Waals surface area contributed by atoms with Crippen LogP contribution in [0.3, 0.4) is 0 Å². The topological polar surface area (TPSA) is 110 Å². The van der Waals surface area contributed by atoms with Crippen LogP contribution in [0.5, 0.6) is 0 Å². The van der Waals surface area contributed by atoms with Gasteiger partial charge in [-0.25, -0.2) is 11.7 Å². The molecule has 2 amide bonds. The van der Waals surface area contributed by atoms with Gasteiger partial charge in [0.15, 0.2) is 0 Å². The molecule has 2 aromatic rings. The quantitative estimate of drug-likeness (QED) is 0.340. The van der Waals surface area contributed by atoms with Gasteiger partial charge in [0.25, 0.3) is 11.8 Å². The minimum Gasteiger partial charge on any atom is -0.290 e. The summed E-state index contributed by atoms with van der Waals surface area (Å²) in [7, 11) is 0. The van der Waals surface area contributed by atoms with Crippen molar-refractivity contribution in [1.29, 1.82) is 0 Å². The zero-order valence-corrected chi connectivity index (χ0v) is 9.44. The Balaban J connectivity index is 2.60. The van der Waals surface area contributed by atoms with E-state index in [1.165, 1.54) is 0 Å². The van der Waals surface area contributed by atoms with Crippen molar-refractivity contribution in [2.75, 3.05) is 0 Å². The van der Waals surface area contributed by atoms with E-state index in [2.05, 4.69) is 10.9 Å². The Bertz CT molecular complexity index is 625. The maximum absolute atomic E-state index is 11.6. The van der Waals surface area contributed by atoms with Crippen molar-refractivity contribution < 1.29 is 9.59 Å². The molecule has 6 nitrogen and oxygen atoms in total. The van der Waals surface area contributed by atoms with Gasteiger partial charge >= 0.3 is 0 Å². The number of carbonyl (C=O) groups is 2. The van der Waals surface area contributed by atoms with Crippen LogP contribution in [-0.4, -0.2) is 11.8 Å². The smallest absolute Gasteiger partial charge is 0.265 e. The summed E-state index contributed by atoms with van der Waals surface area (Å²) in [6.07, 6.45) is 0. The molecular weight excluding hydrogens is 232 g/mol. The van der Waals surface area contributed by atoms with Crippen molar-refractivity contribution in [1.82, 2.24) is 10.9 Å². The van der Waals surface area contributed by atoms with E-state index in [-0.39, 0.29) is 11.8 Å². The first kappa shape index (κ1) is 12.0. The second-order valence-electron chi connectivity index (χ2n) is 3.69. The van der Waals surface area contributed by atoms with Crippen LogP contribution in [0.15, 0.2) is 36.4 Å². The number of nitrogens with two attached hydrogens (primary N) is 2. The molecule has 2 aromatic carbocycles. The SMILES string of the molecule is NNC(=O)c1ccc2c(C(=O)NN)cccc2c1. The molecule has 2 rings (SSSR count). The number of rotatable bonds is 2. The summed E-state index contributed by atoms with van der Waals surface area (Å²) in [5.74, 6) is 9.42. The molecule has 6 heteroatoms. The summed E-state index contributed by atoms with van der Waals surface area (Å²) < 4.78 is 0. The van der Waals surface area contributed by atoms with E-state index < -0.39 is 0 Å². The fourth-order valence-corrected chi connectivity index (χ4v) is 1.78. The fraction of sp³-hybridized carbons (Fsp3) is 0. The lowest BCUT2D eigenvalue weighted by molar-refractivity contribution is 0.0947. The number of hydrogen-bond acceptors (Lipinski definition) is 4. The highest BCUT2D eigenvalue weighted by atomic mass is 16.2. The van der Waals surface area contributed by atoms with Crippen LogP contribution in [0, 0.1) is 0 Å².